The lowest BCUT2D eigenvalue weighted by Gasteiger charge is -2.45. The number of rotatable bonds is 2. The molecule has 15 heavy (non-hydrogen) atoms. The lowest BCUT2D eigenvalue weighted by molar-refractivity contribution is 0.120. The zero-order valence-electron chi connectivity index (χ0n) is 9.67. The summed E-state index contributed by atoms with van der Waals surface area (Å²) in [6, 6.07) is 0. The van der Waals surface area contributed by atoms with Gasteiger partial charge in [0.05, 0.1) is 10.5 Å². The van der Waals surface area contributed by atoms with Crippen LogP contribution < -0.4 is 5.73 Å². The highest BCUT2D eigenvalue weighted by Gasteiger charge is 2.42. The molecule has 1 heterocycles. The third kappa shape index (κ3) is 2.04. The van der Waals surface area contributed by atoms with Crippen molar-refractivity contribution in [2.75, 3.05) is 13.1 Å². The first-order chi connectivity index (χ1) is 7.15. The van der Waals surface area contributed by atoms with Crippen LogP contribution in [0.2, 0.25) is 0 Å². The predicted molar refractivity (Wildman–Crippen MR) is 68.0 cm³/mol. The maximum Gasteiger partial charge on any atom is 0.0933 e. The molecule has 0 spiro atoms. The van der Waals surface area contributed by atoms with Gasteiger partial charge < -0.3 is 5.73 Å². The smallest absolute Gasteiger partial charge is 0.0933 e. The minimum atomic E-state index is 0.0817. The van der Waals surface area contributed by atoms with Crippen molar-refractivity contribution in [3.8, 4) is 0 Å². The Labute approximate surface area is 98.2 Å². The Bertz CT molecular complexity index is 238. The van der Waals surface area contributed by atoms with Gasteiger partial charge in [0, 0.05) is 0 Å². The first-order valence-corrected chi connectivity index (χ1v) is 6.61. The van der Waals surface area contributed by atoms with Crippen LogP contribution in [0.15, 0.2) is 0 Å². The van der Waals surface area contributed by atoms with Gasteiger partial charge in [-0.2, -0.15) is 0 Å². The van der Waals surface area contributed by atoms with Crippen LogP contribution >= 0.6 is 12.2 Å². The number of thiocarbonyl (C=S) groups is 1. The van der Waals surface area contributed by atoms with E-state index in [0.717, 1.165) is 10.9 Å². The lowest BCUT2D eigenvalue weighted by atomic mass is 9.76. The largest absolute Gasteiger partial charge is 0.392 e. The second kappa shape index (κ2) is 4.38. The SMILES string of the molecule is CC1CCC(C(N)=S)(N2CCCC2)CC1. The van der Waals surface area contributed by atoms with Crippen LogP contribution in [0.1, 0.15) is 45.4 Å². The van der Waals surface area contributed by atoms with Crippen molar-refractivity contribution in [2.24, 2.45) is 11.7 Å². The quantitative estimate of drug-likeness (QED) is 0.733. The number of nitrogens with two attached hydrogens (primary N) is 1. The van der Waals surface area contributed by atoms with Gasteiger partial charge in [-0.1, -0.05) is 19.1 Å². The van der Waals surface area contributed by atoms with E-state index in [1.54, 1.807) is 0 Å². The number of hydrogen-bond donors (Lipinski definition) is 1. The Morgan fingerprint density at radius 1 is 1.27 bits per heavy atom. The maximum atomic E-state index is 6.02. The van der Waals surface area contributed by atoms with E-state index in [-0.39, 0.29) is 5.54 Å². The molecule has 0 amide bonds. The van der Waals surface area contributed by atoms with E-state index >= 15 is 0 Å². The molecule has 2 aliphatic rings. The van der Waals surface area contributed by atoms with Gasteiger partial charge in [-0.05, 0) is 57.5 Å². The van der Waals surface area contributed by atoms with E-state index in [4.69, 9.17) is 18.0 Å². The van der Waals surface area contributed by atoms with E-state index in [1.807, 2.05) is 0 Å². The van der Waals surface area contributed by atoms with Gasteiger partial charge in [-0.25, -0.2) is 0 Å². The van der Waals surface area contributed by atoms with Crippen LogP contribution in [0.4, 0.5) is 0 Å². The third-order valence-electron chi connectivity index (χ3n) is 4.27. The predicted octanol–water partition coefficient (Wildman–Crippen LogP) is 2.32. The molecule has 2 fully saturated rings. The Morgan fingerprint density at radius 3 is 2.27 bits per heavy atom. The van der Waals surface area contributed by atoms with Crippen LogP contribution in [0.25, 0.3) is 0 Å². The van der Waals surface area contributed by atoms with E-state index in [0.29, 0.717) is 0 Å². The molecule has 0 unspecified atom stereocenters. The summed E-state index contributed by atoms with van der Waals surface area (Å²) in [5, 5.41) is 0. The fraction of sp³-hybridized carbons (Fsp3) is 0.917. The lowest BCUT2D eigenvalue weighted by Crippen LogP contribution is -2.57. The fourth-order valence-corrected chi connectivity index (χ4v) is 3.44. The van der Waals surface area contributed by atoms with Gasteiger partial charge in [-0.15, -0.1) is 0 Å². The normalized spacial score (nSPS) is 38.1. The fourth-order valence-electron chi connectivity index (χ4n) is 3.10. The second-order valence-electron chi connectivity index (χ2n) is 5.27. The van der Waals surface area contributed by atoms with Gasteiger partial charge >= 0.3 is 0 Å². The van der Waals surface area contributed by atoms with Crippen LogP contribution in [0.5, 0.6) is 0 Å². The highest BCUT2D eigenvalue weighted by atomic mass is 32.1. The Kier molecular flexibility index (Phi) is 3.31. The minimum Gasteiger partial charge on any atom is -0.392 e. The van der Waals surface area contributed by atoms with Crippen LogP contribution in [-0.2, 0) is 0 Å². The molecule has 1 aliphatic carbocycles. The molecule has 86 valence electrons. The highest BCUT2D eigenvalue weighted by molar-refractivity contribution is 7.80. The molecule has 0 aromatic rings. The molecule has 0 atom stereocenters. The molecule has 2 N–H and O–H groups in total. The summed E-state index contributed by atoms with van der Waals surface area (Å²) < 4.78 is 0. The maximum absolute atomic E-state index is 6.02. The highest BCUT2D eigenvalue weighted by Crippen LogP contribution is 2.38. The summed E-state index contributed by atoms with van der Waals surface area (Å²) in [7, 11) is 0. The number of nitrogens with zero attached hydrogens (tertiary/aromatic N) is 1. The molecule has 1 saturated heterocycles. The second-order valence-corrected chi connectivity index (χ2v) is 5.71. The molecular formula is C12H22N2S. The van der Waals surface area contributed by atoms with Gasteiger partial charge in [-0.3, -0.25) is 4.90 Å². The van der Waals surface area contributed by atoms with E-state index in [9.17, 15) is 0 Å². The van der Waals surface area contributed by atoms with Crippen molar-refractivity contribution in [1.82, 2.24) is 4.90 Å². The average Bonchev–Trinajstić information content (AvgIpc) is 2.72. The van der Waals surface area contributed by atoms with E-state index in [2.05, 4.69) is 11.8 Å². The topological polar surface area (TPSA) is 29.3 Å². The van der Waals surface area contributed by atoms with Gasteiger partial charge in [0.2, 0.25) is 0 Å². The molecule has 0 bridgehead atoms. The molecule has 2 rings (SSSR count). The first kappa shape index (κ1) is 11.3. The molecule has 0 aromatic carbocycles. The zero-order chi connectivity index (χ0) is 10.9. The first-order valence-electron chi connectivity index (χ1n) is 6.20. The number of hydrogen-bond acceptors (Lipinski definition) is 2. The monoisotopic (exact) mass is 226 g/mol. The zero-order valence-corrected chi connectivity index (χ0v) is 10.5. The van der Waals surface area contributed by atoms with Crippen LogP contribution in [-0.4, -0.2) is 28.5 Å². The van der Waals surface area contributed by atoms with Crippen LogP contribution in [0.3, 0.4) is 0 Å². The summed E-state index contributed by atoms with van der Waals surface area (Å²) in [6.07, 6.45) is 7.58. The van der Waals surface area contributed by atoms with Crippen molar-refractivity contribution in [2.45, 2.75) is 51.0 Å². The van der Waals surface area contributed by atoms with Crippen molar-refractivity contribution >= 4 is 17.2 Å². The standard InChI is InChI=1S/C12H22N2S/c1-10-4-6-12(7-5-10,11(13)15)14-8-2-3-9-14/h10H,2-9H2,1H3,(H2,13,15). The molecule has 1 aliphatic heterocycles. The van der Waals surface area contributed by atoms with Gasteiger partial charge in [0.15, 0.2) is 0 Å². The Balaban J connectivity index is 2.13. The summed E-state index contributed by atoms with van der Waals surface area (Å²) >= 11 is 5.34. The Morgan fingerprint density at radius 2 is 1.80 bits per heavy atom. The summed E-state index contributed by atoms with van der Waals surface area (Å²) in [5.41, 5.74) is 6.10. The summed E-state index contributed by atoms with van der Waals surface area (Å²) in [6.45, 7) is 4.74. The molecule has 3 heteroatoms. The molecule has 0 radical (unpaired) electrons. The van der Waals surface area contributed by atoms with Crippen molar-refractivity contribution in [3.63, 3.8) is 0 Å². The number of likely N-dealkylation sites (tertiary alicyclic amines) is 1. The summed E-state index contributed by atoms with van der Waals surface area (Å²) in [4.78, 5) is 3.30. The van der Waals surface area contributed by atoms with Crippen molar-refractivity contribution in [3.05, 3.63) is 0 Å². The Hall–Kier alpha value is -0.150. The third-order valence-corrected chi connectivity index (χ3v) is 4.65. The van der Waals surface area contributed by atoms with E-state index < -0.39 is 0 Å². The van der Waals surface area contributed by atoms with Gasteiger partial charge in [0.25, 0.3) is 0 Å². The molecular weight excluding hydrogens is 204 g/mol. The van der Waals surface area contributed by atoms with Gasteiger partial charge in [0.1, 0.15) is 0 Å². The van der Waals surface area contributed by atoms with Crippen LogP contribution in [0, 0.1) is 5.92 Å². The molecule has 1 saturated carbocycles. The average molecular weight is 226 g/mol. The molecule has 2 nitrogen and oxygen atoms in total. The van der Waals surface area contributed by atoms with Crippen molar-refractivity contribution in [1.29, 1.82) is 0 Å². The van der Waals surface area contributed by atoms with E-state index in [1.165, 1.54) is 51.6 Å². The summed E-state index contributed by atoms with van der Waals surface area (Å²) in [5.74, 6) is 0.857. The van der Waals surface area contributed by atoms with Crippen molar-refractivity contribution < 1.29 is 0 Å². The minimum absolute atomic E-state index is 0.0817. The molecule has 0 aromatic heterocycles.